The van der Waals surface area contributed by atoms with Crippen LogP contribution < -0.4 is 0 Å². The summed E-state index contributed by atoms with van der Waals surface area (Å²) < 4.78 is 6.13. The molecule has 0 radical (unpaired) electrons. The van der Waals surface area contributed by atoms with E-state index >= 15 is 0 Å². The Labute approximate surface area is 106 Å². The standard InChI is InChI=1S/C15H25NO/c1-14(2)8-6-9-15(3,17-14)10-7-13-16-11-4-5-12-16/h4-6,8-9,11-13H2,1-3H3/t15-/m1/s1. The van der Waals surface area contributed by atoms with Crippen LogP contribution in [0.4, 0.5) is 0 Å². The fourth-order valence-electron chi connectivity index (χ4n) is 2.93. The van der Waals surface area contributed by atoms with Gasteiger partial charge in [0.1, 0.15) is 5.60 Å². The molecule has 0 unspecified atom stereocenters. The summed E-state index contributed by atoms with van der Waals surface area (Å²) in [6.45, 7) is 9.85. The van der Waals surface area contributed by atoms with Crippen molar-refractivity contribution in [3.8, 4) is 11.8 Å². The van der Waals surface area contributed by atoms with Gasteiger partial charge in [-0.2, -0.15) is 0 Å². The summed E-state index contributed by atoms with van der Waals surface area (Å²) in [4.78, 5) is 2.43. The molecule has 2 heteroatoms. The zero-order valence-corrected chi connectivity index (χ0v) is 11.5. The van der Waals surface area contributed by atoms with Crippen molar-refractivity contribution in [3.05, 3.63) is 0 Å². The van der Waals surface area contributed by atoms with Crippen molar-refractivity contribution in [1.29, 1.82) is 0 Å². The fraction of sp³-hybridized carbons (Fsp3) is 0.867. The van der Waals surface area contributed by atoms with Gasteiger partial charge >= 0.3 is 0 Å². The first-order valence-corrected chi connectivity index (χ1v) is 6.92. The number of likely N-dealkylation sites (tertiary alicyclic amines) is 1. The van der Waals surface area contributed by atoms with Gasteiger partial charge in [0, 0.05) is 0 Å². The molecule has 96 valence electrons. The van der Waals surface area contributed by atoms with E-state index in [0.717, 1.165) is 19.4 Å². The Morgan fingerprint density at radius 3 is 2.41 bits per heavy atom. The second-order valence-electron chi connectivity index (χ2n) is 6.23. The Balaban J connectivity index is 1.89. The summed E-state index contributed by atoms with van der Waals surface area (Å²) in [5.74, 6) is 6.69. The maximum atomic E-state index is 6.13. The zero-order chi connectivity index (χ0) is 12.4. The van der Waals surface area contributed by atoms with E-state index in [9.17, 15) is 0 Å². The van der Waals surface area contributed by atoms with Gasteiger partial charge in [0.25, 0.3) is 0 Å². The lowest BCUT2D eigenvalue weighted by Crippen LogP contribution is -2.42. The molecular weight excluding hydrogens is 210 g/mol. The number of rotatable bonds is 1. The lowest BCUT2D eigenvalue weighted by atomic mass is 9.88. The van der Waals surface area contributed by atoms with Gasteiger partial charge in [-0.15, -0.1) is 0 Å². The Bertz CT molecular complexity index is 320. The minimum atomic E-state index is -0.221. The largest absolute Gasteiger partial charge is 0.357 e. The van der Waals surface area contributed by atoms with Crippen LogP contribution in [0, 0.1) is 11.8 Å². The molecule has 2 fully saturated rings. The molecule has 0 bridgehead atoms. The molecule has 2 heterocycles. The molecule has 0 amide bonds. The third-order valence-corrected chi connectivity index (χ3v) is 3.79. The molecule has 0 spiro atoms. The Hall–Kier alpha value is -0.520. The SMILES string of the molecule is CC1(C)CCC[C@](C)(C#CCN2CCCC2)O1. The van der Waals surface area contributed by atoms with Crippen molar-refractivity contribution in [2.75, 3.05) is 19.6 Å². The van der Waals surface area contributed by atoms with Crippen molar-refractivity contribution in [2.45, 2.75) is 64.1 Å². The highest BCUT2D eigenvalue weighted by Gasteiger charge is 2.35. The maximum absolute atomic E-state index is 6.13. The van der Waals surface area contributed by atoms with Gasteiger partial charge < -0.3 is 4.74 Å². The fourth-order valence-corrected chi connectivity index (χ4v) is 2.93. The smallest absolute Gasteiger partial charge is 0.126 e. The molecule has 0 aliphatic carbocycles. The van der Waals surface area contributed by atoms with E-state index < -0.39 is 0 Å². The minimum absolute atomic E-state index is 0.00464. The van der Waals surface area contributed by atoms with Crippen molar-refractivity contribution >= 4 is 0 Å². The van der Waals surface area contributed by atoms with E-state index in [0.29, 0.717) is 0 Å². The third-order valence-electron chi connectivity index (χ3n) is 3.79. The quantitative estimate of drug-likeness (QED) is 0.648. The topological polar surface area (TPSA) is 12.5 Å². The number of hydrogen-bond acceptors (Lipinski definition) is 2. The van der Waals surface area contributed by atoms with E-state index in [1.165, 1.54) is 32.4 Å². The van der Waals surface area contributed by atoms with E-state index in [1.54, 1.807) is 0 Å². The predicted molar refractivity (Wildman–Crippen MR) is 70.9 cm³/mol. The van der Waals surface area contributed by atoms with Gasteiger partial charge in [-0.25, -0.2) is 0 Å². The monoisotopic (exact) mass is 235 g/mol. The Morgan fingerprint density at radius 2 is 1.76 bits per heavy atom. The maximum Gasteiger partial charge on any atom is 0.126 e. The predicted octanol–water partition coefficient (Wildman–Crippen LogP) is 2.82. The third kappa shape index (κ3) is 3.72. The van der Waals surface area contributed by atoms with E-state index in [2.05, 4.69) is 37.5 Å². The lowest BCUT2D eigenvalue weighted by molar-refractivity contribution is -0.135. The first-order chi connectivity index (χ1) is 7.99. The van der Waals surface area contributed by atoms with Crippen molar-refractivity contribution in [3.63, 3.8) is 0 Å². The summed E-state index contributed by atoms with van der Waals surface area (Å²) >= 11 is 0. The average molecular weight is 235 g/mol. The molecule has 2 saturated heterocycles. The molecule has 2 aliphatic rings. The summed E-state index contributed by atoms with van der Waals surface area (Å²) in [5.41, 5.74) is -0.225. The molecule has 2 nitrogen and oxygen atoms in total. The van der Waals surface area contributed by atoms with Gasteiger partial charge in [0.05, 0.1) is 12.1 Å². The normalized spacial score (nSPS) is 33.1. The van der Waals surface area contributed by atoms with Gasteiger partial charge in [-0.1, -0.05) is 11.8 Å². The number of ether oxygens (including phenoxy) is 1. The van der Waals surface area contributed by atoms with Crippen molar-refractivity contribution in [2.24, 2.45) is 0 Å². The first-order valence-electron chi connectivity index (χ1n) is 6.92. The van der Waals surface area contributed by atoms with Crippen LogP contribution in [0.25, 0.3) is 0 Å². The van der Waals surface area contributed by atoms with Crippen LogP contribution in [0.2, 0.25) is 0 Å². The molecule has 0 aromatic rings. The first kappa shape index (κ1) is 12.9. The molecular formula is C15H25NO. The van der Waals surface area contributed by atoms with Crippen LogP contribution in [0.3, 0.4) is 0 Å². The summed E-state index contributed by atoms with van der Waals surface area (Å²) in [6.07, 6.45) is 6.12. The Kier molecular flexibility index (Phi) is 3.80. The van der Waals surface area contributed by atoms with Crippen LogP contribution in [0.15, 0.2) is 0 Å². The summed E-state index contributed by atoms with van der Waals surface area (Å²) in [7, 11) is 0. The van der Waals surface area contributed by atoms with E-state index in [4.69, 9.17) is 4.74 Å². The molecule has 17 heavy (non-hydrogen) atoms. The summed E-state index contributed by atoms with van der Waals surface area (Å²) in [6, 6.07) is 0. The van der Waals surface area contributed by atoms with Gasteiger partial charge in [0.15, 0.2) is 0 Å². The van der Waals surface area contributed by atoms with Gasteiger partial charge in [-0.05, 0) is 66.0 Å². The van der Waals surface area contributed by atoms with Crippen molar-refractivity contribution < 1.29 is 4.74 Å². The number of nitrogens with zero attached hydrogens (tertiary/aromatic N) is 1. The molecule has 0 N–H and O–H groups in total. The highest BCUT2D eigenvalue weighted by atomic mass is 16.5. The minimum Gasteiger partial charge on any atom is -0.357 e. The molecule has 1 atom stereocenters. The van der Waals surface area contributed by atoms with Gasteiger partial charge in [0.2, 0.25) is 0 Å². The van der Waals surface area contributed by atoms with Gasteiger partial charge in [-0.3, -0.25) is 4.90 Å². The molecule has 2 rings (SSSR count). The van der Waals surface area contributed by atoms with Crippen molar-refractivity contribution in [1.82, 2.24) is 4.90 Å². The molecule has 0 aromatic carbocycles. The van der Waals surface area contributed by atoms with Crippen LogP contribution in [-0.4, -0.2) is 35.7 Å². The highest BCUT2D eigenvalue weighted by molar-refractivity contribution is 5.15. The van der Waals surface area contributed by atoms with Crippen LogP contribution in [0.1, 0.15) is 52.9 Å². The summed E-state index contributed by atoms with van der Waals surface area (Å²) in [5, 5.41) is 0. The second-order valence-corrected chi connectivity index (χ2v) is 6.23. The molecule has 0 saturated carbocycles. The van der Waals surface area contributed by atoms with Crippen LogP contribution >= 0.6 is 0 Å². The molecule has 0 aromatic heterocycles. The lowest BCUT2D eigenvalue weighted by Gasteiger charge is -2.40. The van der Waals surface area contributed by atoms with E-state index in [-0.39, 0.29) is 11.2 Å². The van der Waals surface area contributed by atoms with Crippen LogP contribution in [-0.2, 0) is 4.74 Å². The second kappa shape index (κ2) is 5.00. The average Bonchev–Trinajstić information content (AvgIpc) is 2.68. The number of hydrogen-bond donors (Lipinski definition) is 0. The highest BCUT2D eigenvalue weighted by Crippen LogP contribution is 2.34. The van der Waals surface area contributed by atoms with E-state index in [1.807, 2.05) is 0 Å². The zero-order valence-electron chi connectivity index (χ0n) is 11.5. The Morgan fingerprint density at radius 1 is 1.06 bits per heavy atom. The molecule has 2 aliphatic heterocycles. The van der Waals surface area contributed by atoms with Crippen LogP contribution in [0.5, 0.6) is 0 Å².